The van der Waals surface area contributed by atoms with Gasteiger partial charge in [-0.05, 0) is 43.7 Å². The van der Waals surface area contributed by atoms with Crippen LogP contribution in [0.2, 0.25) is 0 Å². The van der Waals surface area contributed by atoms with E-state index in [0.717, 1.165) is 37.4 Å². The average Bonchev–Trinajstić information content (AvgIpc) is 3.22. The van der Waals surface area contributed by atoms with Crippen molar-refractivity contribution in [2.45, 2.75) is 33.5 Å². The van der Waals surface area contributed by atoms with Crippen LogP contribution >= 0.6 is 0 Å². The van der Waals surface area contributed by atoms with E-state index < -0.39 is 4.92 Å². The summed E-state index contributed by atoms with van der Waals surface area (Å²) in [5, 5.41) is 15.3. The number of amides is 1. The molecule has 2 aromatic carbocycles. The van der Waals surface area contributed by atoms with Gasteiger partial charge in [0.2, 0.25) is 0 Å². The number of non-ortho nitro benzene ring substituents is 1. The second-order valence-corrected chi connectivity index (χ2v) is 8.40. The molecule has 1 aromatic heterocycles. The molecule has 9 heteroatoms. The van der Waals surface area contributed by atoms with Crippen LogP contribution in [-0.2, 0) is 19.7 Å². The van der Waals surface area contributed by atoms with Crippen molar-refractivity contribution >= 4 is 11.6 Å². The summed E-state index contributed by atoms with van der Waals surface area (Å²) in [5.74, 6) is 0.560. The van der Waals surface area contributed by atoms with Gasteiger partial charge in [-0.2, -0.15) is 5.10 Å². The Labute approximate surface area is 198 Å². The molecule has 1 aliphatic rings. The lowest BCUT2D eigenvalue weighted by Crippen LogP contribution is -2.48. The summed E-state index contributed by atoms with van der Waals surface area (Å²) in [6.07, 6.45) is 2.11. The Morgan fingerprint density at radius 1 is 1.12 bits per heavy atom. The molecule has 0 N–H and O–H groups in total. The number of carbonyl (C=O) groups is 1. The fraction of sp³-hybridized carbons (Fsp3) is 0.360. The number of aromatic nitrogens is 2. The predicted molar refractivity (Wildman–Crippen MR) is 128 cm³/mol. The van der Waals surface area contributed by atoms with Crippen LogP contribution in [0.4, 0.5) is 5.69 Å². The summed E-state index contributed by atoms with van der Waals surface area (Å²) in [6.45, 7) is 9.13. The number of hydrogen-bond donors (Lipinski definition) is 0. The molecule has 1 amide bonds. The second kappa shape index (κ2) is 10.5. The number of hydrogen-bond acceptors (Lipinski definition) is 6. The number of rotatable bonds is 8. The van der Waals surface area contributed by atoms with Crippen LogP contribution in [-0.4, -0.2) is 56.6 Å². The fourth-order valence-corrected chi connectivity index (χ4v) is 4.03. The molecule has 9 nitrogen and oxygen atoms in total. The van der Waals surface area contributed by atoms with E-state index in [4.69, 9.17) is 4.74 Å². The van der Waals surface area contributed by atoms with Gasteiger partial charge in [-0.3, -0.25) is 24.5 Å². The molecule has 1 saturated heterocycles. The maximum atomic E-state index is 13.1. The zero-order chi connectivity index (χ0) is 24.1. The highest BCUT2D eigenvalue weighted by Gasteiger charge is 2.23. The first-order chi connectivity index (χ1) is 16.4. The summed E-state index contributed by atoms with van der Waals surface area (Å²) in [5.41, 5.74) is 3.83. The second-order valence-electron chi connectivity index (χ2n) is 8.40. The van der Waals surface area contributed by atoms with E-state index in [1.54, 1.807) is 12.1 Å². The van der Waals surface area contributed by atoms with Crippen LogP contribution in [0.25, 0.3) is 0 Å². The molecular formula is C25H29N5O4. The van der Waals surface area contributed by atoms with Crippen LogP contribution in [0.15, 0.2) is 54.7 Å². The molecule has 0 saturated carbocycles. The molecule has 3 aromatic rings. The molecule has 2 heterocycles. The third-order valence-electron chi connectivity index (χ3n) is 6.05. The Morgan fingerprint density at radius 2 is 1.85 bits per heavy atom. The molecule has 0 spiro atoms. The minimum absolute atomic E-state index is 0.0196. The van der Waals surface area contributed by atoms with Crippen LogP contribution < -0.4 is 4.74 Å². The number of benzene rings is 2. The molecule has 4 rings (SSSR count). The van der Waals surface area contributed by atoms with Crippen molar-refractivity contribution in [2.75, 3.05) is 26.2 Å². The lowest BCUT2D eigenvalue weighted by atomic mass is 10.1. The Balaban J connectivity index is 1.30. The first kappa shape index (κ1) is 23.4. The molecule has 1 fully saturated rings. The van der Waals surface area contributed by atoms with E-state index in [-0.39, 0.29) is 18.2 Å². The Morgan fingerprint density at radius 3 is 2.50 bits per heavy atom. The van der Waals surface area contributed by atoms with Gasteiger partial charge in [-0.25, -0.2) is 0 Å². The summed E-state index contributed by atoms with van der Waals surface area (Å²) in [6, 6.07) is 13.4. The van der Waals surface area contributed by atoms with E-state index >= 15 is 0 Å². The van der Waals surface area contributed by atoms with Crippen LogP contribution in [0.3, 0.4) is 0 Å². The Bertz CT molecular complexity index is 1150. The molecule has 0 bridgehead atoms. The van der Waals surface area contributed by atoms with Gasteiger partial charge in [-0.1, -0.05) is 12.1 Å². The number of carbonyl (C=O) groups excluding carboxylic acids is 1. The van der Waals surface area contributed by atoms with Gasteiger partial charge < -0.3 is 9.64 Å². The summed E-state index contributed by atoms with van der Waals surface area (Å²) in [7, 11) is 0. The Kier molecular flexibility index (Phi) is 7.22. The number of nitro benzene ring substituents is 1. The highest BCUT2D eigenvalue weighted by atomic mass is 16.6. The van der Waals surface area contributed by atoms with Crippen molar-refractivity contribution in [3.63, 3.8) is 0 Å². The maximum Gasteiger partial charge on any atom is 0.269 e. The summed E-state index contributed by atoms with van der Waals surface area (Å²) < 4.78 is 7.70. The van der Waals surface area contributed by atoms with E-state index in [0.29, 0.717) is 24.4 Å². The highest BCUT2D eigenvalue weighted by Crippen LogP contribution is 2.19. The van der Waals surface area contributed by atoms with E-state index in [1.165, 1.54) is 17.7 Å². The van der Waals surface area contributed by atoms with Gasteiger partial charge in [0.25, 0.3) is 11.6 Å². The topological polar surface area (TPSA) is 93.7 Å². The third kappa shape index (κ3) is 5.60. The normalized spacial score (nSPS) is 14.2. The quantitative estimate of drug-likeness (QED) is 0.374. The Hall–Kier alpha value is -3.72. The molecule has 0 unspecified atom stereocenters. The van der Waals surface area contributed by atoms with Gasteiger partial charge >= 0.3 is 0 Å². The molecule has 178 valence electrons. The average molecular weight is 464 g/mol. The van der Waals surface area contributed by atoms with Crippen molar-refractivity contribution in [3.05, 3.63) is 87.2 Å². The van der Waals surface area contributed by atoms with E-state index in [2.05, 4.69) is 23.1 Å². The number of piperazine rings is 1. The standard InChI is InChI=1S/C25H29N5O4/c1-3-29-17-22(19(2)26-29)16-27-11-13-28(14-12-27)25(31)21-6-4-5-20(15-21)18-34-24-9-7-23(8-10-24)30(32)33/h4-10,15,17H,3,11-14,16,18H2,1-2H3. The fourth-order valence-electron chi connectivity index (χ4n) is 4.03. The minimum atomic E-state index is -0.445. The largest absolute Gasteiger partial charge is 0.489 e. The number of nitrogens with zero attached hydrogens (tertiary/aromatic N) is 5. The predicted octanol–water partition coefficient (Wildman–Crippen LogP) is 3.66. The number of ether oxygens (including phenoxy) is 1. The molecule has 0 aliphatic carbocycles. The third-order valence-corrected chi connectivity index (χ3v) is 6.05. The first-order valence-electron chi connectivity index (χ1n) is 11.4. The molecule has 0 atom stereocenters. The maximum absolute atomic E-state index is 13.1. The van der Waals surface area contributed by atoms with Crippen LogP contribution in [0, 0.1) is 17.0 Å². The lowest BCUT2D eigenvalue weighted by Gasteiger charge is -2.34. The molecule has 0 radical (unpaired) electrons. The van der Waals surface area contributed by atoms with Crippen molar-refractivity contribution < 1.29 is 14.5 Å². The van der Waals surface area contributed by atoms with Gasteiger partial charge in [0.1, 0.15) is 12.4 Å². The minimum Gasteiger partial charge on any atom is -0.489 e. The van der Waals surface area contributed by atoms with Crippen LogP contribution in [0.1, 0.15) is 34.1 Å². The molecule has 34 heavy (non-hydrogen) atoms. The monoisotopic (exact) mass is 463 g/mol. The lowest BCUT2D eigenvalue weighted by molar-refractivity contribution is -0.384. The molecular weight excluding hydrogens is 434 g/mol. The van der Waals surface area contributed by atoms with Crippen molar-refractivity contribution in [1.82, 2.24) is 19.6 Å². The summed E-state index contributed by atoms with van der Waals surface area (Å²) >= 11 is 0. The van der Waals surface area contributed by atoms with Crippen molar-refractivity contribution in [1.29, 1.82) is 0 Å². The van der Waals surface area contributed by atoms with Gasteiger partial charge in [0.15, 0.2) is 0 Å². The van der Waals surface area contributed by atoms with Crippen molar-refractivity contribution in [2.24, 2.45) is 0 Å². The van der Waals surface area contributed by atoms with Crippen molar-refractivity contribution in [3.8, 4) is 5.75 Å². The first-order valence-corrected chi connectivity index (χ1v) is 11.4. The smallest absolute Gasteiger partial charge is 0.269 e. The zero-order valence-corrected chi connectivity index (χ0v) is 19.5. The van der Waals surface area contributed by atoms with Gasteiger partial charge in [-0.15, -0.1) is 0 Å². The number of aryl methyl sites for hydroxylation is 2. The van der Waals surface area contributed by atoms with Crippen LogP contribution in [0.5, 0.6) is 5.75 Å². The molecule has 1 aliphatic heterocycles. The highest BCUT2D eigenvalue weighted by molar-refractivity contribution is 5.94. The summed E-state index contributed by atoms with van der Waals surface area (Å²) in [4.78, 5) is 27.7. The van der Waals surface area contributed by atoms with Gasteiger partial charge in [0, 0.05) is 68.7 Å². The van der Waals surface area contributed by atoms with E-state index in [9.17, 15) is 14.9 Å². The van der Waals surface area contributed by atoms with Gasteiger partial charge in [0.05, 0.1) is 10.6 Å². The number of nitro groups is 1. The SMILES string of the molecule is CCn1cc(CN2CCN(C(=O)c3cccc(COc4ccc([N+](=O)[O-])cc4)c3)CC2)c(C)n1. The van der Waals surface area contributed by atoms with E-state index in [1.807, 2.05) is 40.8 Å². The zero-order valence-electron chi connectivity index (χ0n) is 19.5.